The Morgan fingerprint density at radius 2 is 1.30 bits per heavy atom. The number of aryl methyl sites for hydroxylation is 2. The summed E-state index contributed by atoms with van der Waals surface area (Å²) >= 11 is 3.61. The van der Waals surface area contributed by atoms with Gasteiger partial charge >= 0.3 is 0 Å². The molecule has 7 heteroatoms. The minimum atomic E-state index is 0. The largest absolute Gasteiger partial charge is 0.363 e. The van der Waals surface area contributed by atoms with Crippen LogP contribution in [0.15, 0.2) is 22.1 Å². The zero-order chi connectivity index (χ0) is 15.4. The van der Waals surface area contributed by atoms with Crippen molar-refractivity contribution >= 4 is 46.3 Å². The van der Waals surface area contributed by atoms with Crippen LogP contribution in [-0.2, 0) is 11.5 Å². The smallest absolute Gasteiger partial charge is 0.157 e. The minimum absolute atomic E-state index is 0. The summed E-state index contributed by atoms with van der Waals surface area (Å²) in [5.41, 5.74) is 5.55. The molecule has 0 saturated heterocycles. The first-order valence-electron chi connectivity index (χ1n) is 7.63. The Morgan fingerprint density at radius 3 is 1.65 bits per heavy atom. The standard InChI is InChI=1S/C16H22N4S2.ClH/c1-11-7-14(10-22-16-19-5-6-20-16)12(2)8-13(11)9-21-15-17-3-4-18-15;/h7-8H,3-6,9-10H2,1-2H3,(H,17,18)(H,19,20);1H. The second-order valence-electron chi connectivity index (χ2n) is 5.51. The van der Waals surface area contributed by atoms with Gasteiger partial charge in [0.1, 0.15) is 0 Å². The predicted molar refractivity (Wildman–Crippen MR) is 106 cm³/mol. The Morgan fingerprint density at radius 1 is 0.870 bits per heavy atom. The van der Waals surface area contributed by atoms with Crippen molar-refractivity contribution in [2.75, 3.05) is 26.2 Å². The van der Waals surface area contributed by atoms with Crippen molar-refractivity contribution in [2.24, 2.45) is 9.98 Å². The van der Waals surface area contributed by atoms with Gasteiger partial charge < -0.3 is 10.6 Å². The Hall–Kier alpha value is -0.850. The molecule has 0 atom stereocenters. The molecule has 2 aliphatic heterocycles. The number of hydrogen-bond acceptors (Lipinski definition) is 6. The summed E-state index contributed by atoms with van der Waals surface area (Å²) in [5, 5.41) is 8.80. The van der Waals surface area contributed by atoms with Crippen molar-refractivity contribution in [3.05, 3.63) is 34.4 Å². The first-order chi connectivity index (χ1) is 10.7. The van der Waals surface area contributed by atoms with Crippen molar-refractivity contribution in [3.8, 4) is 0 Å². The number of halogens is 1. The fraction of sp³-hybridized carbons (Fsp3) is 0.500. The number of amidine groups is 2. The van der Waals surface area contributed by atoms with Gasteiger partial charge in [-0.3, -0.25) is 9.98 Å². The lowest BCUT2D eigenvalue weighted by Gasteiger charge is -2.12. The third-order valence-electron chi connectivity index (χ3n) is 3.81. The van der Waals surface area contributed by atoms with E-state index in [4.69, 9.17) is 0 Å². The lowest BCUT2D eigenvalue weighted by molar-refractivity contribution is 0.963. The maximum atomic E-state index is 4.44. The van der Waals surface area contributed by atoms with Gasteiger partial charge in [-0.1, -0.05) is 35.7 Å². The molecule has 126 valence electrons. The van der Waals surface area contributed by atoms with E-state index in [0.29, 0.717) is 0 Å². The highest BCUT2D eigenvalue weighted by Gasteiger charge is 2.11. The molecule has 0 fully saturated rings. The van der Waals surface area contributed by atoms with E-state index in [1.807, 2.05) is 0 Å². The minimum Gasteiger partial charge on any atom is -0.363 e. The highest BCUT2D eigenvalue weighted by atomic mass is 35.5. The number of nitrogens with zero attached hydrogens (tertiary/aromatic N) is 2. The summed E-state index contributed by atoms with van der Waals surface area (Å²) in [7, 11) is 0. The van der Waals surface area contributed by atoms with Gasteiger partial charge in [-0.15, -0.1) is 12.4 Å². The average molecular weight is 371 g/mol. The maximum absolute atomic E-state index is 4.44. The lowest BCUT2D eigenvalue weighted by atomic mass is 10.0. The van der Waals surface area contributed by atoms with Gasteiger partial charge in [0, 0.05) is 24.6 Å². The molecule has 23 heavy (non-hydrogen) atoms. The van der Waals surface area contributed by atoms with E-state index in [1.165, 1.54) is 22.3 Å². The molecule has 2 N–H and O–H groups in total. The summed E-state index contributed by atoms with van der Waals surface area (Å²) < 4.78 is 0. The van der Waals surface area contributed by atoms with E-state index >= 15 is 0 Å². The van der Waals surface area contributed by atoms with Gasteiger partial charge in [0.05, 0.1) is 13.1 Å². The quantitative estimate of drug-likeness (QED) is 0.855. The van der Waals surface area contributed by atoms with Crippen molar-refractivity contribution in [1.82, 2.24) is 10.6 Å². The van der Waals surface area contributed by atoms with Crippen LogP contribution in [0, 0.1) is 13.8 Å². The number of aliphatic imine (C=N–C) groups is 2. The van der Waals surface area contributed by atoms with Gasteiger partial charge in [-0.2, -0.15) is 0 Å². The number of benzene rings is 1. The topological polar surface area (TPSA) is 48.8 Å². The Kier molecular flexibility index (Phi) is 7.11. The first kappa shape index (κ1) is 18.5. The van der Waals surface area contributed by atoms with Crippen LogP contribution in [0.1, 0.15) is 22.3 Å². The maximum Gasteiger partial charge on any atom is 0.157 e. The van der Waals surface area contributed by atoms with E-state index < -0.39 is 0 Å². The molecule has 0 unspecified atom stereocenters. The summed E-state index contributed by atoms with van der Waals surface area (Å²) in [5.74, 6) is 1.97. The summed E-state index contributed by atoms with van der Waals surface area (Å²) in [6, 6.07) is 4.66. The number of hydrogen-bond donors (Lipinski definition) is 2. The van der Waals surface area contributed by atoms with Gasteiger partial charge in [0.25, 0.3) is 0 Å². The molecule has 0 radical (unpaired) electrons. The molecule has 0 amide bonds. The molecule has 0 saturated carbocycles. The zero-order valence-corrected chi connectivity index (χ0v) is 16.0. The van der Waals surface area contributed by atoms with E-state index in [1.54, 1.807) is 23.5 Å². The molecule has 0 aliphatic carbocycles. The van der Waals surface area contributed by atoms with Crippen LogP contribution >= 0.6 is 35.9 Å². The fourth-order valence-corrected chi connectivity index (χ4v) is 4.46. The van der Waals surface area contributed by atoms with Crippen LogP contribution in [0.25, 0.3) is 0 Å². The predicted octanol–water partition coefficient (Wildman–Crippen LogP) is 3.11. The van der Waals surface area contributed by atoms with Crippen LogP contribution in [0.5, 0.6) is 0 Å². The molecular weight excluding hydrogens is 348 g/mol. The fourth-order valence-electron chi connectivity index (χ4n) is 2.48. The monoisotopic (exact) mass is 370 g/mol. The van der Waals surface area contributed by atoms with Crippen LogP contribution in [0.4, 0.5) is 0 Å². The number of nitrogens with one attached hydrogen (secondary N) is 2. The zero-order valence-electron chi connectivity index (χ0n) is 13.5. The van der Waals surface area contributed by atoms with Crippen molar-refractivity contribution < 1.29 is 0 Å². The molecule has 4 nitrogen and oxygen atoms in total. The highest BCUT2D eigenvalue weighted by molar-refractivity contribution is 8.13. The Bertz CT molecular complexity index is 563. The van der Waals surface area contributed by atoms with E-state index in [0.717, 1.165) is 48.0 Å². The number of rotatable bonds is 4. The van der Waals surface area contributed by atoms with Crippen molar-refractivity contribution in [3.63, 3.8) is 0 Å². The molecule has 2 aliphatic rings. The SMILES string of the molecule is Cc1cc(CSC2=NCCN2)c(C)cc1CSC1=NCCN1.Cl. The van der Waals surface area contributed by atoms with Crippen LogP contribution in [0.3, 0.4) is 0 Å². The molecule has 0 bridgehead atoms. The Labute approximate surface area is 152 Å². The summed E-state index contributed by atoms with van der Waals surface area (Å²) in [6.07, 6.45) is 0. The van der Waals surface area contributed by atoms with Crippen molar-refractivity contribution in [2.45, 2.75) is 25.4 Å². The first-order valence-corrected chi connectivity index (χ1v) is 9.61. The molecule has 2 heterocycles. The summed E-state index contributed by atoms with van der Waals surface area (Å²) in [4.78, 5) is 8.88. The van der Waals surface area contributed by atoms with Crippen LogP contribution in [0.2, 0.25) is 0 Å². The molecular formula is C16H23ClN4S2. The molecule has 0 aromatic heterocycles. The molecule has 3 rings (SSSR count). The van der Waals surface area contributed by atoms with Gasteiger partial charge in [-0.05, 0) is 36.1 Å². The molecule has 1 aromatic rings. The van der Waals surface area contributed by atoms with Gasteiger partial charge in [0.2, 0.25) is 0 Å². The number of thioether (sulfide) groups is 2. The van der Waals surface area contributed by atoms with Gasteiger partial charge in [-0.25, -0.2) is 0 Å². The van der Waals surface area contributed by atoms with E-state index in [9.17, 15) is 0 Å². The second-order valence-corrected chi connectivity index (χ2v) is 7.44. The van der Waals surface area contributed by atoms with E-state index in [-0.39, 0.29) is 12.4 Å². The summed E-state index contributed by atoms with van der Waals surface area (Å²) in [6.45, 7) is 8.20. The van der Waals surface area contributed by atoms with Crippen molar-refractivity contribution in [1.29, 1.82) is 0 Å². The molecule has 0 spiro atoms. The highest BCUT2D eigenvalue weighted by Crippen LogP contribution is 2.24. The van der Waals surface area contributed by atoms with Crippen LogP contribution < -0.4 is 10.6 Å². The Balaban J connectivity index is 0.00000192. The average Bonchev–Trinajstić information content (AvgIpc) is 3.19. The van der Waals surface area contributed by atoms with E-state index in [2.05, 4.69) is 46.6 Å². The third-order valence-corrected chi connectivity index (χ3v) is 5.81. The second kappa shape index (κ2) is 8.85. The normalized spacial score (nSPS) is 16.3. The third kappa shape index (κ3) is 5.06. The van der Waals surface area contributed by atoms with Gasteiger partial charge in [0.15, 0.2) is 10.3 Å². The van der Waals surface area contributed by atoms with Crippen LogP contribution in [-0.4, -0.2) is 36.5 Å². The molecule has 1 aromatic carbocycles. The lowest BCUT2D eigenvalue weighted by Crippen LogP contribution is -2.15.